The fourth-order valence-electron chi connectivity index (χ4n) is 0. The average Bonchev–Trinajstić information content (AvgIpc) is 1.46. The van der Waals surface area contributed by atoms with E-state index in [0.29, 0.717) is 0 Å². The molecule has 0 aromatic rings. The molecule has 0 unspecified atom stereocenters. The minimum Gasteiger partial charge on any atom is 0 e. The third-order valence-electron chi connectivity index (χ3n) is 0. The van der Waals surface area contributed by atoms with Crippen LogP contribution in [-0.4, -0.2) is 26.5 Å². The van der Waals surface area contributed by atoms with Crippen molar-refractivity contribution in [2.24, 2.45) is 5.73 Å². The van der Waals surface area contributed by atoms with Crippen LogP contribution in [0.2, 0.25) is 0 Å². The molecule has 0 aliphatic carbocycles. The predicted octanol–water partition coefficient (Wildman–Crippen LogP) is 0.885. The zero-order valence-electron chi connectivity index (χ0n) is 3.11. The second-order valence-electron chi connectivity index (χ2n) is 0.0714. The van der Waals surface area contributed by atoms with E-state index in [1.165, 1.54) is 7.05 Å². The summed E-state index contributed by atoms with van der Waals surface area (Å²) >= 11 is 6.22. The van der Waals surface area contributed by atoms with Crippen LogP contribution < -0.4 is 5.73 Å². The first-order chi connectivity index (χ1) is 2.41. The molecule has 0 saturated heterocycles. The molecule has 2 N–H and O–H groups in total. The first-order valence-electron chi connectivity index (χ1n) is 0.955. The first-order valence-corrected chi connectivity index (χ1v) is 17.8. The fraction of sp³-hybridized carbons (Fsp3) is 1.00. The van der Waals surface area contributed by atoms with E-state index in [4.69, 9.17) is 0 Å². The van der Waals surface area contributed by atoms with Gasteiger partial charge in [-0.25, -0.2) is 0 Å². The summed E-state index contributed by atoms with van der Waals surface area (Å²) in [6.45, 7) is 0. The second-order valence-corrected chi connectivity index (χ2v) is 16.9. The summed E-state index contributed by atoms with van der Waals surface area (Å²) in [5.41, 5.74) is 4.50. The Kier molecular flexibility index (Phi) is 65.0. The number of nitrogens with two attached hydrogens (primary N) is 1. The first kappa shape index (κ1) is 16.0. The van der Waals surface area contributed by atoms with Gasteiger partial charge in [0, 0.05) is 36.9 Å². The van der Waals surface area contributed by atoms with Crippen molar-refractivity contribution in [2.45, 2.75) is 0 Å². The maximum Gasteiger partial charge on any atom is 0 e. The van der Waals surface area contributed by atoms with Gasteiger partial charge in [-0.05, 0) is 7.05 Å². The summed E-state index contributed by atoms with van der Waals surface area (Å²) in [6, 6.07) is 0. The van der Waals surface area contributed by atoms with Gasteiger partial charge >= 0.3 is 43.4 Å². The minimum absolute atomic E-state index is 0. The van der Waals surface area contributed by atoms with E-state index in [1.807, 2.05) is 0 Å². The third kappa shape index (κ3) is 27.6. The van der Waals surface area contributed by atoms with E-state index in [9.17, 15) is 0 Å². The molecule has 0 saturated carbocycles. The normalized spacial score (nSPS) is 4.00. The van der Waals surface area contributed by atoms with E-state index < -0.39 is 0 Å². The Morgan fingerprint density at radius 2 is 1.33 bits per heavy atom. The van der Waals surface area contributed by atoms with Gasteiger partial charge < -0.3 is 5.73 Å². The average molecular weight is 567 g/mol. The van der Waals surface area contributed by atoms with E-state index in [2.05, 4.69) is 29.7 Å². The van der Waals surface area contributed by atoms with Crippen LogP contribution >= 0.6 is 24.0 Å². The van der Waals surface area contributed by atoms with Gasteiger partial charge in [0.2, 0.25) is 0 Å². The van der Waals surface area contributed by atoms with Crippen molar-refractivity contribution >= 4 is 43.4 Å². The largest absolute Gasteiger partial charge is 0 e. The van der Waals surface area contributed by atoms with E-state index in [1.54, 1.807) is 0 Å². The molecule has 0 aliphatic heterocycles. The van der Waals surface area contributed by atoms with Gasteiger partial charge in [-0.3, -0.25) is 0 Å². The number of rotatable bonds is 0. The summed E-state index contributed by atoms with van der Waals surface area (Å²) in [6.07, 6.45) is 0. The van der Waals surface area contributed by atoms with Crippen molar-refractivity contribution in [3.63, 3.8) is 0 Å². The zero-order chi connectivity index (χ0) is 4.71. The molecule has 0 aliphatic rings. The maximum absolute atomic E-state index is 4.50. The van der Waals surface area contributed by atoms with Gasteiger partial charge in [-0.15, -0.1) is 0 Å². The van der Waals surface area contributed by atoms with Gasteiger partial charge in [0.1, 0.15) is 0 Å². The van der Waals surface area contributed by atoms with Crippen molar-refractivity contribution in [3.05, 3.63) is 0 Å². The smallest absolute Gasteiger partial charge is 0 e. The summed E-state index contributed by atoms with van der Waals surface area (Å²) in [7, 11) is 1.50. The molecule has 0 spiro atoms. The van der Waals surface area contributed by atoms with Crippen LogP contribution in [0, 0.1) is 36.9 Å². The molecule has 45 valence electrons. The fourth-order valence-corrected chi connectivity index (χ4v) is 0. The standard InChI is InChI=1S/CH5N.2BrH.Pb.Tm/c1-2;;;;/h2H2,1H3;2*1H;;/q;;;+2;/p-2. The second kappa shape index (κ2) is 24.3. The topological polar surface area (TPSA) is 26.0 Å². The molecule has 0 fully saturated rings. The molecule has 0 bridgehead atoms. The van der Waals surface area contributed by atoms with Gasteiger partial charge in [0.15, 0.2) is 0 Å². The van der Waals surface area contributed by atoms with Crippen LogP contribution in [0.25, 0.3) is 0 Å². The molecule has 6 heavy (non-hydrogen) atoms. The monoisotopic (exact) mass is 566 g/mol. The Morgan fingerprint density at radius 1 is 1.33 bits per heavy atom. The predicted molar refractivity (Wildman–Crippen MR) is 33.7 cm³/mol. The van der Waals surface area contributed by atoms with Gasteiger partial charge in [0.25, 0.3) is 0 Å². The molecule has 0 amide bonds. The molecule has 0 heterocycles. The molecule has 1 nitrogen and oxygen atoms in total. The zero-order valence-corrected chi connectivity index (χ0v) is 11.9. The summed E-state index contributed by atoms with van der Waals surface area (Å²) in [4.78, 5) is 0. The van der Waals surface area contributed by atoms with Gasteiger partial charge in [-0.1, -0.05) is 0 Å². The molecular weight excluding hydrogens is 562 g/mol. The molecule has 0 rings (SSSR count). The molecule has 0 aromatic carbocycles. The van der Waals surface area contributed by atoms with Crippen LogP contribution in [0.5, 0.6) is 0 Å². The summed E-state index contributed by atoms with van der Waals surface area (Å²) in [5.74, 6) is 0. The molecule has 3 radical (unpaired) electrons. The number of halogens is 2. The van der Waals surface area contributed by atoms with Crippen LogP contribution in [0.1, 0.15) is 0 Å². The quantitative estimate of drug-likeness (QED) is 0.433. The maximum atomic E-state index is 4.50. The summed E-state index contributed by atoms with van der Waals surface area (Å²) < 4.78 is 0. The van der Waals surface area contributed by atoms with Crippen molar-refractivity contribution in [1.82, 2.24) is 0 Å². The van der Waals surface area contributed by atoms with Crippen LogP contribution in [0.3, 0.4) is 0 Å². The Balaban J connectivity index is -0.0000000275. The van der Waals surface area contributed by atoms with Gasteiger partial charge in [-0.2, -0.15) is 0 Å². The van der Waals surface area contributed by atoms with Crippen LogP contribution in [0.15, 0.2) is 0 Å². The Bertz CT molecular complexity index is 13.5. The SMILES string of the molecule is CN.[Br][Pb][Br].[Tm]. The Hall–Kier alpha value is 3.08. The van der Waals surface area contributed by atoms with Gasteiger partial charge in [0.05, 0.1) is 0 Å². The van der Waals surface area contributed by atoms with Crippen LogP contribution in [0.4, 0.5) is 0 Å². The molecular formula is CH5Br2NPbTm. The molecule has 5 heteroatoms. The van der Waals surface area contributed by atoms with Crippen LogP contribution in [-0.2, 0) is 0 Å². The number of hydrogen-bond acceptors (Lipinski definition) is 1. The van der Waals surface area contributed by atoms with Crippen molar-refractivity contribution < 1.29 is 36.9 Å². The third-order valence-corrected chi connectivity index (χ3v) is 0. The van der Waals surface area contributed by atoms with Crippen molar-refractivity contribution in [1.29, 1.82) is 0 Å². The molecule has 0 atom stereocenters. The Morgan fingerprint density at radius 3 is 1.33 bits per heavy atom. The van der Waals surface area contributed by atoms with E-state index in [0.717, 1.165) is 0 Å². The molecule has 0 aromatic heterocycles. The summed E-state index contributed by atoms with van der Waals surface area (Å²) in [5, 5.41) is 0. The Labute approximate surface area is 90.8 Å². The number of hydrogen-bond donors (Lipinski definition) is 1. The minimum atomic E-state index is -0.292. The van der Waals surface area contributed by atoms with Crippen molar-refractivity contribution in [3.8, 4) is 0 Å². The van der Waals surface area contributed by atoms with E-state index in [-0.39, 0.29) is 56.3 Å². The van der Waals surface area contributed by atoms with E-state index >= 15 is 0 Å². The van der Waals surface area contributed by atoms with Crippen molar-refractivity contribution in [2.75, 3.05) is 7.05 Å².